The van der Waals surface area contributed by atoms with E-state index in [1.54, 1.807) is 29.8 Å². The topological polar surface area (TPSA) is 114 Å². The molecule has 0 bridgehead atoms. The average molecular weight is 310 g/mol. The van der Waals surface area contributed by atoms with E-state index < -0.39 is 10.0 Å². The summed E-state index contributed by atoms with van der Waals surface area (Å²) in [6.07, 6.45) is 3.11. The highest BCUT2D eigenvalue weighted by atomic mass is 32.2. The predicted molar refractivity (Wildman–Crippen MR) is 75.9 cm³/mol. The van der Waals surface area contributed by atoms with Crippen molar-refractivity contribution in [2.45, 2.75) is 5.03 Å². The lowest BCUT2D eigenvalue weighted by atomic mass is 10.5. The standard InChI is InChI=1S/C10H10N6O2S2/c11-14-8-9(16-5-2-1-3-7(16)13-8)20(17,18)15-10-12-4-6-19-10/h1-6,14H,11H2,(H,12,15). The van der Waals surface area contributed by atoms with E-state index in [-0.39, 0.29) is 16.0 Å². The Labute approximate surface area is 118 Å². The van der Waals surface area contributed by atoms with Crippen molar-refractivity contribution in [3.05, 3.63) is 36.0 Å². The normalized spacial score (nSPS) is 11.7. The number of nitrogen functional groups attached to an aromatic ring is 1. The van der Waals surface area contributed by atoms with Crippen molar-refractivity contribution in [1.29, 1.82) is 0 Å². The van der Waals surface area contributed by atoms with Gasteiger partial charge in [-0.1, -0.05) is 6.07 Å². The van der Waals surface area contributed by atoms with E-state index in [2.05, 4.69) is 20.1 Å². The highest BCUT2D eigenvalue weighted by Crippen LogP contribution is 2.24. The number of imidazole rings is 1. The summed E-state index contributed by atoms with van der Waals surface area (Å²) in [5.41, 5.74) is 2.77. The molecule has 0 aliphatic rings. The van der Waals surface area contributed by atoms with Crippen LogP contribution >= 0.6 is 11.3 Å². The Morgan fingerprint density at radius 2 is 2.20 bits per heavy atom. The fraction of sp³-hybridized carbons (Fsp3) is 0. The molecule has 0 aromatic carbocycles. The summed E-state index contributed by atoms with van der Waals surface area (Å²) >= 11 is 1.18. The van der Waals surface area contributed by atoms with Crippen molar-refractivity contribution in [2.24, 2.45) is 5.84 Å². The van der Waals surface area contributed by atoms with Gasteiger partial charge in [0, 0.05) is 17.8 Å². The van der Waals surface area contributed by atoms with Gasteiger partial charge in [0.2, 0.25) is 5.03 Å². The second-order valence-electron chi connectivity index (χ2n) is 3.78. The van der Waals surface area contributed by atoms with Crippen molar-refractivity contribution in [1.82, 2.24) is 14.4 Å². The minimum Gasteiger partial charge on any atom is -0.306 e. The molecule has 0 unspecified atom stereocenters. The number of anilines is 2. The summed E-state index contributed by atoms with van der Waals surface area (Å²) in [5, 5.41) is 1.89. The Morgan fingerprint density at radius 3 is 2.90 bits per heavy atom. The first-order valence-corrected chi connectivity index (χ1v) is 7.84. The highest BCUT2D eigenvalue weighted by molar-refractivity contribution is 7.93. The van der Waals surface area contributed by atoms with Crippen LogP contribution in [0.25, 0.3) is 5.65 Å². The lowest BCUT2D eigenvalue weighted by Crippen LogP contribution is -2.18. The molecule has 0 aliphatic heterocycles. The number of hydrazine groups is 1. The molecule has 3 rings (SSSR count). The van der Waals surface area contributed by atoms with Crippen LogP contribution < -0.4 is 16.0 Å². The molecule has 0 fully saturated rings. The molecule has 0 atom stereocenters. The van der Waals surface area contributed by atoms with Crippen LogP contribution in [0.4, 0.5) is 10.9 Å². The monoisotopic (exact) mass is 310 g/mol. The SMILES string of the molecule is NNc1nc2ccccn2c1S(=O)(=O)Nc1nccs1. The van der Waals surface area contributed by atoms with Gasteiger partial charge in [0.1, 0.15) is 5.65 Å². The number of hydrogen-bond donors (Lipinski definition) is 3. The molecule has 4 N–H and O–H groups in total. The van der Waals surface area contributed by atoms with Crippen molar-refractivity contribution in [3.63, 3.8) is 0 Å². The quantitative estimate of drug-likeness (QED) is 0.487. The number of aromatic nitrogens is 3. The van der Waals surface area contributed by atoms with Crippen LogP contribution in [0.3, 0.4) is 0 Å². The first-order valence-electron chi connectivity index (χ1n) is 5.48. The molecule has 0 aliphatic carbocycles. The Kier molecular flexibility index (Phi) is 3.04. The zero-order chi connectivity index (χ0) is 14.2. The fourth-order valence-corrected chi connectivity index (χ4v) is 3.81. The van der Waals surface area contributed by atoms with E-state index in [9.17, 15) is 8.42 Å². The van der Waals surface area contributed by atoms with Gasteiger partial charge in [0.05, 0.1) is 0 Å². The van der Waals surface area contributed by atoms with Crippen molar-refractivity contribution in [2.75, 3.05) is 10.1 Å². The summed E-state index contributed by atoms with van der Waals surface area (Å²) in [5.74, 6) is 5.42. The number of sulfonamides is 1. The van der Waals surface area contributed by atoms with E-state index in [0.717, 1.165) is 0 Å². The third-order valence-corrected chi connectivity index (χ3v) is 4.71. The molecule has 3 heterocycles. The maximum absolute atomic E-state index is 12.5. The summed E-state index contributed by atoms with van der Waals surface area (Å²) < 4.78 is 28.7. The number of rotatable bonds is 4. The molecule has 0 spiro atoms. The fourth-order valence-electron chi connectivity index (χ4n) is 1.76. The van der Waals surface area contributed by atoms with Gasteiger partial charge in [-0.3, -0.25) is 9.12 Å². The number of thiazole rings is 1. The lowest BCUT2D eigenvalue weighted by molar-refractivity contribution is 0.597. The molecular weight excluding hydrogens is 300 g/mol. The zero-order valence-corrected chi connectivity index (χ0v) is 11.6. The van der Waals surface area contributed by atoms with E-state index in [1.807, 2.05) is 0 Å². The van der Waals surface area contributed by atoms with Gasteiger partial charge in [-0.2, -0.15) is 8.42 Å². The summed E-state index contributed by atoms with van der Waals surface area (Å²) in [6.45, 7) is 0. The maximum Gasteiger partial charge on any atom is 0.283 e. The molecule has 10 heteroatoms. The van der Waals surface area contributed by atoms with Crippen LogP contribution in [0, 0.1) is 0 Å². The number of fused-ring (bicyclic) bond motifs is 1. The smallest absolute Gasteiger partial charge is 0.283 e. The van der Waals surface area contributed by atoms with E-state index in [0.29, 0.717) is 5.65 Å². The summed E-state index contributed by atoms with van der Waals surface area (Å²) in [6, 6.07) is 5.15. The third-order valence-electron chi connectivity index (χ3n) is 2.53. The number of nitrogens with two attached hydrogens (primary N) is 1. The minimum absolute atomic E-state index is 0.0641. The van der Waals surface area contributed by atoms with Gasteiger partial charge in [-0.25, -0.2) is 15.8 Å². The maximum atomic E-state index is 12.5. The highest BCUT2D eigenvalue weighted by Gasteiger charge is 2.25. The third kappa shape index (κ3) is 2.09. The molecule has 20 heavy (non-hydrogen) atoms. The minimum atomic E-state index is -3.85. The Balaban J connectivity index is 2.17. The van der Waals surface area contributed by atoms with Crippen LogP contribution in [0.2, 0.25) is 0 Å². The van der Waals surface area contributed by atoms with Crippen LogP contribution in [0.1, 0.15) is 0 Å². The molecule has 3 aromatic heterocycles. The van der Waals surface area contributed by atoms with E-state index in [1.165, 1.54) is 21.9 Å². The van der Waals surface area contributed by atoms with Crippen LogP contribution in [-0.4, -0.2) is 22.8 Å². The van der Waals surface area contributed by atoms with Crippen LogP contribution in [-0.2, 0) is 10.0 Å². The zero-order valence-electron chi connectivity index (χ0n) is 10.0. The second kappa shape index (κ2) is 4.74. The van der Waals surface area contributed by atoms with Gasteiger partial charge in [0.25, 0.3) is 10.0 Å². The largest absolute Gasteiger partial charge is 0.306 e. The summed E-state index contributed by atoms with van der Waals surface area (Å²) in [4.78, 5) is 8.01. The number of hydrogen-bond acceptors (Lipinski definition) is 7. The Hall–Kier alpha value is -2.17. The van der Waals surface area contributed by atoms with Gasteiger partial charge in [0.15, 0.2) is 10.9 Å². The molecule has 0 amide bonds. The Morgan fingerprint density at radius 1 is 1.35 bits per heavy atom. The van der Waals surface area contributed by atoms with Crippen LogP contribution in [0.15, 0.2) is 41.0 Å². The van der Waals surface area contributed by atoms with E-state index >= 15 is 0 Å². The average Bonchev–Trinajstić information content (AvgIpc) is 3.04. The number of nitrogens with zero attached hydrogens (tertiary/aromatic N) is 3. The van der Waals surface area contributed by atoms with Gasteiger partial charge < -0.3 is 5.43 Å². The van der Waals surface area contributed by atoms with E-state index in [4.69, 9.17) is 5.84 Å². The van der Waals surface area contributed by atoms with Gasteiger partial charge in [-0.15, -0.1) is 11.3 Å². The first kappa shape index (κ1) is 12.8. The molecule has 8 nitrogen and oxygen atoms in total. The van der Waals surface area contributed by atoms with Gasteiger partial charge in [-0.05, 0) is 12.1 Å². The second-order valence-corrected chi connectivity index (χ2v) is 6.27. The summed E-state index contributed by atoms with van der Waals surface area (Å²) in [7, 11) is -3.85. The molecule has 0 radical (unpaired) electrons. The molecule has 0 saturated heterocycles. The molecule has 3 aromatic rings. The first-order chi connectivity index (χ1) is 9.62. The van der Waals surface area contributed by atoms with Gasteiger partial charge >= 0.3 is 0 Å². The van der Waals surface area contributed by atoms with Crippen molar-refractivity contribution < 1.29 is 8.42 Å². The predicted octanol–water partition coefficient (Wildman–Crippen LogP) is 0.877. The van der Waals surface area contributed by atoms with Crippen LogP contribution in [0.5, 0.6) is 0 Å². The Bertz CT molecular complexity index is 840. The van der Waals surface area contributed by atoms with Crippen molar-refractivity contribution >= 4 is 38.0 Å². The molecule has 104 valence electrons. The molecular formula is C10H10N6O2S2. The van der Waals surface area contributed by atoms with Crippen molar-refractivity contribution in [3.8, 4) is 0 Å². The lowest BCUT2D eigenvalue weighted by Gasteiger charge is -2.06. The number of pyridine rings is 1. The number of nitrogens with one attached hydrogen (secondary N) is 2. The molecule has 0 saturated carbocycles.